The normalized spacial score (nSPS) is 10.2. The molecular weight excluding hydrogens is 216 g/mol. The lowest BCUT2D eigenvalue weighted by molar-refractivity contribution is -0.123. The number of likely N-dealkylation sites (N-methyl/N-ethyl adjacent to an activating group) is 1. The first kappa shape index (κ1) is 13.5. The average molecular weight is 236 g/mol. The molecule has 4 nitrogen and oxygen atoms in total. The molecule has 0 aliphatic heterocycles. The molecule has 1 aromatic carbocycles. The van der Waals surface area contributed by atoms with Gasteiger partial charge in [0, 0.05) is 13.2 Å². The smallest absolute Gasteiger partial charge is 0.253 e. The Morgan fingerprint density at radius 3 is 2.65 bits per heavy atom. The van der Waals surface area contributed by atoms with E-state index in [2.05, 4.69) is 0 Å². The molecule has 0 fully saturated rings. The molecule has 0 aromatic heterocycles. The molecule has 0 atom stereocenters. The quantitative estimate of drug-likeness (QED) is 0.607. The molecule has 94 valence electrons. The Kier molecular flexibility index (Phi) is 5.49. The lowest BCUT2D eigenvalue weighted by Crippen LogP contribution is -2.34. The fraction of sp³-hybridized carbons (Fsp3) is 0.462. The van der Waals surface area contributed by atoms with Crippen LogP contribution in [0, 0.1) is 0 Å². The Hall–Kier alpha value is -1.55. The number of nitrogens with zero attached hydrogens (tertiary/aromatic N) is 1. The van der Waals surface area contributed by atoms with Gasteiger partial charge >= 0.3 is 0 Å². The number of benzene rings is 1. The van der Waals surface area contributed by atoms with E-state index < -0.39 is 0 Å². The van der Waals surface area contributed by atoms with Crippen LogP contribution in [0.1, 0.15) is 20.3 Å². The highest BCUT2D eigenvalue weighted by atomic mass is 16.5. The summed E-state index contributed by atoms with van der Waals surface area (Å²) < 4.78 is 5.26. The Morgan fingerprint density at radius 2 is 2.06 bits per heavy atom. The molecule has 0 aliphatic carbocycles. The van der Waals surface area contributed by atoms with E-state index in [1.54, 1.807) is 11.0 Å². The van der Waals surface area contributed by atoms with Crippen molar-refractivity contribution < 1.29 is 9.53 Å². The third-order valence-electron chi connectivity index (χ3n) is 2.42. The fourth-order valence-corrected chi connectivity index (χ4v) is 1.60. The standard InChI is InChI=1S/C13H20N2O2/c1-3-9-17-10-13(16)15(4-2)12-8-6-5-7-11(12)14/h5-8H,3-4,9-10,14H2,1-2H3. The second-order valence-corrected chi connectivity index (χ2v) is 3.75. The highest BCUT2D eigenvalue weighted by molar-refractivity contribution is 5.97. The number of nitrogens with two attached hydrogens (primary N) is 1. The summed E-state index contributed by atoms with van der Waals surface area (Å²) in [6.07, 6.45) is 0.910. The van der Waals surface area contributed by atoms with E-state index in [4.69, 9.17) is 10.5 Å². The SMILES string of the molecule is CCCOCC(=O)N(CC)c1ccccc1N. The van der Waals surface area contributed by atoms with Crippen molar-refractivity contribution in [2.45, 2.75) is 20.3 Å². The van der Waals surface area contributed by atoms with Gasteiger partial charge in [-0.05, 0) is 25.5 Å². The van der Waals surface area contributed by atoms with Crippen molar-refractivity contribution in [3.05, 3.63) is 24.3 Å². The first-order valence-corrected chi connectivity index (χ1v) is 5.93. The minimum Gasteiger partial charge on any atom is -0.397 e. The van der Waals surface area contributed by atoms with Gasteiger partial charge < -0.3 is 15.4 Å². The number of carbonyl (C=O) groups is 1. The predicted molar refractivity (Wildman–Crippen MR) is 70.0 cm³/mol. The van der Waals surface area contributed by atoms with Gasteiger partial charge in [-0.3, -0.25) is 4.79 Å². The molecule has 1 aromatic rings. The maximum atomic E-state index is 11.9. The molecule has 17 heavy (non-hydrogen) atoms. The minimum atomic E-state index is -0.0566. The van der Waals surface area contributed by atoms with Crippen LogP contribution < -0.4 is 10.6 Å². The summed E-state index contributed by atoms with van der Waals surface area (Å²) in [4.78, 5) is 13.6. The largest absolute Gasteiger partial charge is 0.397 e. The number of nitrogen functional groups attached to an aromatic ring is 1. The van der Waals surface area contributed by atoms with Crippen LogP contribution in [0.3, 0.4) is 0 Å². The summed E-state index contributed by atoms with van der Waals surface area (Å²) in [6.45, 7) is 5.23. The molecule has 4 heteroatoms. The zero-order valence-corrected chi connectivity index (χ0v) is 10.5. The van der Waals surface area contributed by atoms with Gasteiger partial charge in [-0.2, -0.15) is 0 Å². The first-order valence-electron chi connectivity index (χ1n) is 5.93. The van der Waals surface area contributed by atoms with Crippen LogP contribution in [0.15, 0.2) is 24.3 Å². The number of anilines is 2. The number of para-hydroxylation sites is 2. The van der Waals surface area contributed by atoms with Gasteiger partial charge in [0.15, 0.2) is 0 Å². The van der Waals surface area contributed by atoms with E-state index in [1.165, 1.54) is 0 Å². The number of hydrogen-bond donors (Lipinski definition) is 1. The van der Waals surface area contributed by atoms with Crippen LogP contribution in [0.4, 0.5) is 11.4 Å². The van der Waals surface area contributed by atoms with Crippen LogP contribution in [0.2, 0.25) is 0 Å². The maximum Gasteiger partial charge on any atom is 0.253 e. The monoisotopic (exact) mass is 236 g/mol. The molecule has 0 heterocycles. The van der Waals surface area contributed by atoms with Gasteiger partial charge in [0.05, 0.1) is 11.4 Å². The summed E-state index contributed by atoms with van der Waals surface area (Å²) in [5, 5.41) is 0. The van der Waals surface area contributed by atoms with Crippen molar-refractivity contribution in [3.8, 4) is 0 Å². The fourth-order valence-electron chi connectivity index (χ4n) is 1.60. The van der Waals surface area contributed by atoms with E-state index in [-0.39, 0.29) is 12.5 Å². The molecule has 2 N–H and O–H groups in total. The zero-order valence-electron chi connectivity index (χ0n) is 10.5. The van der Waals surface area contributed by atoms with Crippen LogP contribution in [0.25, 0.3) is 0 Å². The van der Waals surface area contributed by atoms with E-state index in [1.807, 2.05) is 32.0 Å². The Bertz CT molecular complexity index is 366. The second-order valence-electron chi connectivity index (χ2n) is 3.75. The first-order chi connectivity index (χ1) is 8.20. The Morgan fingerprint density at radius 1 is 1.35 bits per heavy atom. The van der Waals surface area contributed by atoms with Crippen molar-refractivity contribution in [1.82, 2.24) is 0 Å². The number of hydrogen-bond acceptors (Lipinski definition) is 3. The van der Waals surface area contributed by atoms with Gasteiger partial charge in [-0.25, -0.2) is 0 Å². The van der Waals surface area contributed by atoms with Gasteiger partial charge in [-0.15, -0.1) is 0 Å². The number of amides is 1. The summed E-state index contributed by atoms with van der Waals surface area (Å²) in [5.74, 6) is -0.0566. The van der Waals surface area contributed by atoms with E-state index in [0.29, 0.717) is 18.8 Å². The van der Waals surface area contributed by atoms with E-state index in [0.717, 1.165) is 12.1 Å². The van der Waals surface area contributed by atoms with Crippen LogP contribution >= 0.6 is 0 Å². The van der Waals surface area contributed by atoms with Crippen LogP contribution in [0.5, 0.6) is 0 Å². The van der Waals surface area contributed by atoms with E-state index >= 15 is 0 Å². The molecule has 0 radical (unpaired) electrons. The van der Waals surface area contributed by atoms with Gasteiger partial charge in [0.2, 0.25) is 0 Å². The highest BCUT2D eigenvalue weighted by Gasteiger charge is 2.15. The third kappa shape index (κ3) is 3.75. The van der Waals surface area contributed by atoms with Crippen molar-refractivity contribution in [3.63, 3.8) is 0 Å². The topological polar surface area (TPSA) is 55.6 Å². The molecule has 0 saturated carbocycles. The predicted octanol–water partition coefficient (Wildman–Crippen LogP) is 2.05. The van der Waals surface area contributed by atoms with E-state index in [9.17, 15) is 4.79 Å². The summed E-state index contributed by atoms with van der Waals surface area (Å²) in [5.41, 5.74) is 7.21. The molecule has 0 bridgehead atoms. The molecule has 0 aliphatic rings. The van der Waals surface area contributed by atoms with Crippen molar-refractivity contribution in [1.29, 1.82) is 0 Å². The Labute approximate surface area is 102 Å². The van der Waals surface area contributed by atoms with Crippen molar-refractivity contribution >= 4 is 17.3 Å². The molecular formula is C13H20N2O2. The molecule has 0 unspecified atom stereocenters. The molecule has 1 amide bonds. The van der Waals surface area contributed by atoms with Gasteiger partial charge in [0.25, 0.3) is 5.91 Å². The highest BCUT2D eigenvalue weighted by Crippen LogP contribution is 2.22. The summed E-state index contributed by atoms with van der Waals surface area (Å²) in [7, 11) is 0. The zero-order chi connectivity index (χ0) is 12.7. The van der Waals surface area contributed by atoms with Gasteiger partial charge in [0.1, 0.15) is 6.61 Å². The Balaban J connectivity index is 2.71. The lowest BCUT2D eigenvalue weighted by Gasteiger charge is -2.22. The maximum absolute atomic E-state index is 11.9. The molecule has 0 saturated heterocycles. The van der Waals surface area contributed by atoms with Crippen LogP contribution in [-0.2, 0) is 9.53 Å². The number of rotatable bonds is 6. The number of ether oxygens (including phenoxy) is 1. The van der Waals surface area contributed by atoms with Crippen LogP contribution in [-0.4, -0.2) is 25.7 Å². The number of carbonyl (C=O) groups excluding carboxylic acids is 1. The second kappa shape index (κ2) is 6.91. The third-order valence-corrected chi connectivity index (χ3v) is 2.42. The van der Waals surface area contributed by atoms with Crippen molar-refractivity contribution in [2.75, 3.05) is 30.4 Å². The van der Waals surface area contributed by atoms with Gasteiger partial charge in [-0.1, -0.05) is 19.1 Å². The van der Waals surface area contributed by atoms with Crippen molar-refractivity contribution in [2.24, 2.45) is 0 Å². The summed E-state index contributed by atoms with van der Waals surface area (Å²) in [6, 6.07) is 7.36. The average Bonchev–Trinajstić information content (AvgIpc) is 2.33. The lowest BCUT2D eigenvalue weighted by atomic mass is 10.2. The summed E-state index contributed by atoms with van der Waals surface area (Å²) >= 11 is 0. The minimum absolute atomic E-state index is 0.0566. The molecule has 1 rings (SSSR count). The molecule has 0 spiro atoms.